The van der Waals surface area contributed by atoms with Crippen molar-refractivity contribution >= 4 is 34.0 Å². The lowest BCUT2D eigenvalue weighted by molar-refractivity contribution is -0.119. The van der Waals surface area contributed by atoms with Crippen molar-refractivity contribution in [1.29, 1.82) is 0 Å². The Balaban J connectivity index is 0.00000400. The molecule has 4 N–H and O–H groups in total. The molecular weight excluding hydrogens is 314 g/mol. The van der Waals surface area contributed by atoms with Crippen LogP contribution in [0, 0.1) is 19.8 Å². The Morgan fingerprint density at radius 1 is 1.33 bits per heavy atom. The standard InChI is InChI=1S/C13H21N3O3S.ClH/c1-8-5-11(20(14,18)19)6-12(10(8)3)16-13(17)9(2)7-15-4;/h5-6,9,15H,7H2,1-4H3,(H,16,17)(H2,14,18,19);1H. The van der Waals surface area contributed by atoms with Crippen LogP contribution in [0.5, 0.6) is 0 Å². The van der Waals surface area contributed by atoms with Crippen LogP contribution in [0.2, 0.25) is 0 Å². The van der Waals surface area contributed by atoms with E-state index in [1.807, 2.05) is 6.92 Å². The van der Waals surface area contributed by atoms with Gasteiger partial charge in [0.05, 0.1) is 4.90 Å². The first kappa shape index (κ1) is 19.9. The highest BCUT2D eigenvalue weighted by Gasteiger charge is 2.16. The molecule has 0 fully saturated rings. The van der Waals surface area contributed by atoms with E-state index in [0.29, 0.717) is 12.2 Å². The Labute approximate surface area is 132 Å². The van der Waals surface area contributed by atoms with Crippen LogP contribution in [0.3, 0.4) is 0 Å². The predicted molar refractivity (Wildman–Crippen MR) is 86.3 cm³/mol. The number of aryl methyl sites for hydroxylation is 1. The first-order valence-corrected chi connectivity index (χ1v) is 7.81. The molecule has 0 bridgehead atoms. The molecule has 6 nitrogen and oxygen atoms in total. The van der Waals surface area contributed by atoms with Gasteiger partial charge in [0.2, 0.25) is 15.9 Å². The lowest BCUT2D eigenvalue weighted by Crippen LogP contribution is -2.29. The van der Waals surface area contributed by atoms with E-state index in [1.165, 1.54) is 12.1 Å². The van der Waals surface area contributed by atoms with Gasteiger partial charge in [-0.2, -0.15) is 0 Å². The number of primary sulfonamides is 1. The van der Waals surface area contributed by atoms with Crippen LogP contribution in [0.15, 0.2) is 17.0 Å². The molecule has 1 aromatic carbocycles. The molecule has 120 valence electrons. The van der Waals surface area contributed by atoms with E-state index in [9.17, 15) is 13.2 Å². The molecular formula is C13H22ClN3O3S. The minimum absolute atomic E-state index is 0. The molecule has 1 aromatic rings. The fraction of sp³-hybridized carbons (Fsp3) is 0.462. The third kappa shape index (κ3) is 5.28. The van der Waals surface area contributed by atoms with Crippen LogP contribution >= 0.6 is 12.4 Å². The molecule has 1 rings (SSSR count). The minimum atomic E-state index is -3.79. The number of hydrogen-bond donors (Lipinski definition) is 3. The van der Waals surface area contributed by atoms with Gasteiger partial charge >= 0.3 is 0 Å². The second kappa shape index (κ2) is 7.74. The highest BCUT2D eigenvalue weighted by atomic mass is 35.5. The van der Waals surface area contributed by atoms with E-state index in [-0.39, 0.29) is 29.1 Å². The van der Waals surface area contributed by atoms with Gasteiger partial charge in [-0.3, -0.25) is 4.79 Å². The molecule has 1 unspecified atom stereocenters. The van der Waals surface area contributed by atoms with Gasteiger partial charge in [0, 0.05) is 18.2 Å². The zero-order chi connectivity index (χ0) is 15.5. The van der Waals surface area contributed by atoms with Crippen molar-refractivity contribution < 1.29 is 13.2 Å². The maximum absolute atomic E-state index is 12.0. The average Bonchev–Trinajstić information content (AvgIpc) is 2.33. The Hall–Kier alpha value is -1.15. The molecule has 1 amide bonds. The lowest BCUT2D eigenvalue weighted by Gasteiger charge is -2.15. The average molecular weight is 336 g/mol. The number of halogens is 1. The Morgan fingerprint density at radius 3 is 2.38 bits per heavy atom. The van der Waals surface area contributed by atoms with Crippen LogP contribution in [0.4, 0.5) is 5.69 Å². The fourth-order valence-corrected chi connectivity index (χ4v) is 2.40. The molecule has 0 saturated heterocycles. The zero-order valence-corrected chi connectivity index (χ0v) is 14.2. The van der Waals surface area contributed by atoms with E-state index < -0.39 is 10.0 Å². The molecule has 8 heteroatoms. The Bertz CT molecular complexity index is 617. The predicted octanol–water partition coefficient (Wildman–Crippen LogP) is 1.17. The number of hydrogen-bond acceptors (Lipinski definition) is 4. The summed E-state index contributed by atoms with van der Waals surface area (Å²) < 4.78 is 22.9. The van der Waals surface area contributed by atoms with E-state index in [0.717, 1.165) is 11.1 Å². The molecule has 0 saturated carbocycles. The van der Waals surface area contributed by atoms with Crippen LogP contribution in [0.1, 0.15) is 18.1 Å². The molecule has 0 aliphatic rings. The lowest BCUT2D eigenvalue weighted by atomic mass is 10.1. The van der Waals surface area contributed by atoms with Crippen LogP contribution in [-0.4, -0.2) is 27.9 Å². The number of carbonyl (C=O) groups excluding carboxylic acids is 1. The largest absolute Gasteiger partial charge is 0.326 e. The summed E-state index contributed by atoms with van der Waals surface area (Å²) in [6, 6.07) is 2.89. The zero-order valence-electron chi connectivity index (χ0n) is 12.6. The number of rotatable bonds is 5. The molecule has 0 aliphatic carbocycles. The molecule has 21 heavy (non-hydrogen) atoms. The number of anilines is 1. The minimum Gasteiger partial charge on any atom is -0.326 e. The third-order valence-corrected chi connectivity index (χ3v) is 4.08. The number of nitrogens with two attached hydrogens (primary N) is 1. The van der Waals surface area contributed by atoms with Crippen molar-refractivity contribution in [1.82, 2.24) is 5.32 Å². The van der Waals surface area contributed by atoms with Gasteiger partial charge in [-0.25, -0.2) is 13.6 Å². The number of amides is 1. The van der Waals surface area contributed by atoms with Gasteiger partial charge in [0.1, 0.15) is 0 Å². The first-order valence-electron chi connectivity index (χ1n) is 6.26. The van der Waals surface area contributed by atoms with Crippen LogP contribution in [0.25, 0.3) is 0 Å². The quantitative estimate of drug-likeness (QED) is 0.751. The topological polar surface area (TPSA) is 101 Å². The molecule has 0 spiro atoms. The molecule has 0 radical (unpaired) electrons. The van der Waals surface area contributed by atoms with E-state index in [2.05, 4.69) is 10.6 Å². The van der Waals surface area contributed by atoms with Crippen molar-refractivity contribution in [2.45, 2.75) is 25.7 Å². The second-order valence-corrected chi connectivity index (χ2v) is 6.47. The number of benzene rings is 1. The van der Waals surface area contributed by atoms with Crippen molar-refractivity contribution in [3.63, 3.8) is 0 Å². The van der Waals surface area contributed by atoms with Crippen molar-refractivity contribution in [3.05, 3.63) is 23.3 Å². The number of sulfonamides is 1. The summed E-state index contributed by atoms with van der Waals surface area (Å²) >= 11 is 0. The van der Waals surface area contributed by atoms with Crippen molar-refractivity contribution in [2.24, 2.45) is 11.1 Å². The maximum atomic E-state index is 12.0. The van der Waals surface area contributed by atoms with Gasteiger partial charge in [0.25, 0.3) is 0 Å². The summed E-state index contributed by atoms with van der Waals surface area (Å²) in [6.45, 7) is 5.92. The van der Waals surface area contributed by atoms with E-state index >= 15 is 0 Å². The maximum Gasteiger partial charge on any atom is 0.238 e. The highest BCUT2D eigenvalue weighted by molar-refractivity contribution is 7.89. The van der Waals surface area contributed by atoms with Crippen molar-refractivity contribution in [2.75, 3.05) is 18.9 Å². The smallest absolute Gasteiger partial charge is 0.238 e. The second-order valence-electron chi connectivity index (χ2n) is 4.91. The van der Waals surface area contributed by atoms with Gasteiger partial charge < -0.3 is 10.6 Å². The van der Waals surface area contributed by atoms with Crippen LogP contribution < -0.4 is 15.8 Å². The summed E-state index contributed by atoms with van der Waals surface area (Å²) in [4.78, 5) is 12.0. The van der Waals surface area contributed by atoms with E-state index in [1.54, 1.807) is 20.9 Å². The monoisotopic (exact) mass is 335 g/mol. The Kier molecular flexibility index (Phi) is 7.32. The molecule has 0 aromatic heterocycles. The molecule has 0 heterocycles. The number of carbonyl (C=O) groups is 1. The molecule has 1 atom stereocenters. The summed E-state index contributed by atoms with van der Waals surface area (Å²) in [5, 5.41) is 10.8. The molecule has 0 aliphatic heterocycles. The summed E-state index contributed by atoms with van der Waals surface area (Å²) in [5.74, 6) is -0.397. The van der Waals surface area contributed by atoms with Gasteiger partial charge in [-0.05, 0) is 44.2 Å². The van der Waals surface area contributed by atoms with Gasteiger partial charge in [0.15, 0.2) is 0 Å². The third-order valence-electron chi connectivity index (χ3n) is 3.19. The SMILES string of the molecule is CNCC(C)C(=O)Nc1cc(S(N)(=O)=O)cc(C)c1C.Cl. The fourth-order valence-electron chi connectivity index (χ4n) is 1.78. The van der Waals surface area contributed by atoms with E-state index in [4.69, 9.17) is 5.14 Å². The summed E-state index contributed by atoms with van der Waals surface area (Å²) in [6.07, 6.45) is 0. The van der Waals surface area contributed by atoms with Crippen LogP contribution in [-0.2, 0) is 14.8 Å². The highest BCUT2D eigenvalue weighted by Crippen LogP contribution is 2.24. The summed E-state index contributed by atoms with van der Waals surface area (Å²) in [5.41, 5.74) is 2.05. The van der Waals surface area contributed by atoms with Gasteiger partial charge in [-0.1, -0.05) is 6.92 Å². The summed E-state index contributed by atoms with van der Waals surface area (Å²) in [7, 11) is -2.03. The number of nitrogens with one attached hydrogen (secondary N) is 2. The first-order chi connectivity index (χ1) is 9.16. The normalized spacial score (nSPS) is 12.4. The Morgan fingerprint density at radius 2 is 1.90 bits per heavy atom. The van der Waals surface area contributed by atoms with Gasteiger partial charge in [-0.15, -0.1) is 12.4 Å². The van der Waals surface area contributed by atoms with Crippen molar-refractivity contribution in [3.8, 4) is 0 Å².